The molecule has 2 aromatic carbocycles. The number of fused-ring (bicyclic) bond motifs is 1. The van der Waals surface area contributed by atoms with Crippen LogP contribution in [0.1, 0.15) is 55.8 Å². The minimum Gasteiger partial charge on any atom is -0.448 e. The van der Waals surface area contributed by atoms with E-state index in [2.05, 4.69) is 10.0 Å². The van der Waals surface area contributed by atoms with Crippen LogP contribution in [0.3, 0.4) is 0 Å². The molecule has 0 unspecified atom stereocenters. The Labute approximate surface area is 176 Å². The maximum absolute atomic E-state index is 12.7. The summed E-state index contributed by atoms with van der Waals surface area (Å²) in [6, 6.07) is 11.8. The second-order valence-corrected chi connectivity index (χ2v) is 9.63. The molecule has 1 aliphatic heterocycles. The fourth-order valence-electron chi connectivity index (χ4n) is 3.89. The molecule has 7 nitrogen and oxygen atoms in total. The molecule has 0 aromatic heterocycles. The standard InChI is InChI=1S/C22H26N2O5S/c1-2-13-30(26,27)24-18-8-6-7-16(14-18)21(25)23-17-9-10-19-20(15-17)29-22(28-19)11-4-3-5-12-22/h6-10,14-15,24H,2-5,11-13H2,1H3,(H,23,25). The van der Waals surface area contributed by atoms with Crippen LogP contribution in [0.25, 0.3) is 0 Å². The minimum atomic E-state index is -3.42. The van der Waals surface area contributed by atoms with Crippen molar-refractivity contribution < 1.29 is 22.7 Å². The first-order valence-corrected chi connectivity index (χ1v) is 12.0. The van der Waals surface area contributed by atoms with Gasteiger partial charge in [0.15, 0.2) is 11.5 Å². The van der Waals surface area contributed by atoms with Gasteiger partial charge in [0, 0.05) is 35.8 Å². The molecule has 160 valence electrons. The molecule has 2 aromatic rings. The molecule has 30 heavy (non-hydrogen) atoms. The van der Waals surface area contributed by atoms with Crippen molar-refractivity contribution in [2.24, 2.45) is 0 Å². The first-order chi connectivity index (χ1) is 14.4. The summed E-state index contributed by atoms with van der Waals surface area (Å²) in [5.41, 5.74) is 1.31. The number of amides is 1. The average molecular weight is 431 g/mol. The molecule has 1 heterocycles. The van der Waals surface area contributed by atoms with Gasteiger partial charge in [0.05, 0.1) is 5.75 Å². The van der Waals surface area contributed by atoms with E-state index in [1.807, 2.05) is 6.07 Å². The van der Waals surface area contributed by atoms with Gasteiger partial charge in [0.25, 0.3) is 11.7 Å². The third kappa shape index (κ3) is 4.53. The molecule has 0 saturated heterocycles. The first kappa shape index (κ1) is 20.5. The highest BCUT2D eigenvalue weighted by molar-refractivity contribution is 7.92. The largest absolute Gasteiger partial charge is 0.448 e. The van der Waals surface area contributed by atoms with E-state index < -0.39 is 15.8 Å². The van der Waals surface area contributed by atoms with E-state index in [9.17, 15) is 13.2 Å². The Hall–Kier alpha value is -2.74. The molecule has 4 rings (SSSR count). The summed E-state index contributed by atoms with van der Waals surface area (Å²) in [4.78, 5) is 12.7. The van der Waals surface area contributed by atoms with Gasteiger partial charge >= 0.3 is 0 Å². The maximum atomic E-state index is 12.7. The van der Waals surface area contributed by atoms with Crippen LogP contribution in [0, 0.1) is 0 Å². The fraction of sp³-hybridized carbons (Fsp3) is 0.409. The Morgan fingerprint density at radius 3 is 2.53 bits per heavy atom. The van der Waals surface area contributed by atoms with Gasteiger partial charge in [-0.05, 0) is 49.6 Å². The highest BCUT2D eigenvalue weighted by atomic mass is 32.2. The number of sulfonamides is 1. The molecule has 2 N–H and O–H groups in total. The molecule has 1 aliphatic carbocycles. The minimum absolute atomic E-state index is 0.0299. The van der Waals surface area contributed by atoms with E-state index in [4.69, 9.17) is 9.47 Å². The lowest BCUT2D eigenvalue weighted by atomic mass is 9.94. The molecule has 1 spiro atoms. The molecule has 0 radical (unpaired) electrons. The molecule has 0 atom stereocenters. The molecule has 1 saturated carbocycles. The van der Waals surface area contributed by atoms with Crippen molar-refractivity contribution in [1.29, 1.82) is 0 Å². The number of hydrogen-bond donors (Lipinski definition) is 2. The summed E-state index contributed by atoms with van der Waals surface area (Å²) in [5, 5.41) is 2.84. The Morgan fingerprint density at radius 1 is 1.00 bits per heavy atom. The SMILES string of the molecule is CCCS(=O)(=O)Nc1cccc(C(=O)Nc2ccc3c(c2)OC2(CCCCC2)O3)c1. The maximum Gasteiger partial charge on any atom is 0.255 e. The quantitative estimate of drug-likeness (QED) is 0.703. The van der Waals surface area contributed by atoms with Crippen molar-refractivity contribution in [2.45, 2.75) is 51.2 Å². The van der Waals surface area contributed by atoms with Crippen molar-refractivity contribution in [2.75, 3.05) is 15.8 Å². The van der Waals surface area contributed by atoms with E-state index in [0.717, 1.165) is 25.7 Å². The van der Waals surface area contributed by atoms with Gasteiger partial charge in [-0.25, -0.2) is 8.42 Å². The van der Waals surface area contributed by atoms with Gasteiger partial charge in [0.1, 0.15) is 0 Å². The smallest absolute Gasteiger partial charge is 0.255 e. The van der Waals surface area contributed by atoms with Crippen LogP contribution in [-0.4, -0.2) is 25.9 Å². The zero-order valence-corrected chi connectivity index (χ0v) is 17.8. The average Bonchev–Trinajstić information content (AvgIpc) is 3.04. The van der Waals surface area contributed by atoms with Gasteiger partial charge in [-0.3, -0.25) is 9.52 Å². The molecule has 8 heteroatoms. The Kier molecular flexibility index (Phi) is 5.60. The van der Waals surface area contributed by atoms with Crippen LogP contribution in [-0.2, 0) is 10.0 Å². The summed E-state index contributed by atoms with van der Waals surface area (Å²) in [7, 11) is -3.42. The van der Waals surface area contributed by atoms with Crippen LogP contribution in [0.15, 0.2) is 42.5 Å². The van der Waals surface area contributed by atoms with E-state index in [-0.39, 0.29) is 11.7 Å². The van der Waals surface area contributed by atoms with Crippen molar-refractivity contribution in [3.05, 3.63) is 48.0 Å². The van der Waals surface area contributed by atoms with E-state index in [1.165, 1.54) is 12.5 Å². The fourth-order valence-corrected chi connectivity index (χ4v) is 5.02. The Morgan fingerprint density at radius 2 is 1.77 bits per heavy atom. The predicted octanol–water partition coefficient (Wildman–Crippen LogP) is 4.52. The van der Waals surface area contributed by atoms with Gasteiger partial charge in [-0.15, -0.1) is 0 Å². The van der Waals surface area contributed by atoms with Gasteiger partial charge < -0.3 is 14.8 Å². The van der Waals surface area contributed by atoms with Crippen LogP contribution >= 0.6 is 0 Å². The molecular formula is C22H26N2O5S. The number of hydrogen-bond acceptors (Lipinski definition) is 5. The van der Waals surface area contributed by atoms with Crippen LogP contribution < -0.4 is 19.5 Å². The van der Waals surface area contributed by atoms with Crippen LogP contribution in [0.4, 0.5) is 11.4 Å². The summed E-state index contributed by atoms with van der Waals surface area (Å²) in [5.74, 6) is 0.464. The Balaban J connectivity index is 1.45. The summed E-state index contributed by atoms with van der Waals surface area (Å²) >= 11 is 0. The zero-order valence-electron chi connectivity index (χ0n) is 16.9. The number of benzene rings is 2. The number of anilines is 2. The lowest BCUT2D eigenvalue weighted by Gasteiger charge is -2.31. The predicted molar refractivity (Wildman–Crippen MR) is 116 cm³/mol. The van der Waals surface area contributed by atoms with Gasteiger partial charge in [-0.1, -0.05) is 19.4 Å². The van der Waals surface area contributed by atoms with Gasteiger partial charge in [-0.2, -0.15) is 0 Å². The third-order valence-corrected chi connectivity index (χ3v) is 6.77. The highest BCUT2D eigenvalue weighted by Crippen LogP contribution is 2.46. The van der Waals surface area contributed by atoms with Gasteiger partial charge in [0.2, 0.25) is 10.0 Å². The van der Waals surface area contributed by atoms with E-state index in [0.29, 0.717) is 34.9 Å². The summed E-state index contributed by atoms with van der Waals surface area (Å²) in [6.45, 7) is 1.80. The molecule has 0 bridgehead atoms. The second kappa shape index (κ2) is 8.18. The van der Waals surface area contributed by atoms with Crippen LogP contribution in [0.5, 0.6) is 11.5 Å². The van der Waals surface area contributed by atoms with Crippen molar-refractivity contribution in [3.63, 3.8) is 0 Å². The van der Waals surface area contributed by atoms with Crippen molar-refractivity contribution in [3.8, 4) is 11.5 Å². The first-order valence-electron chi connectivity index (χ1n) is 10.3. The monoisotopic (exact) mass is 430 g/mol. The van der Waals surface area contributed by atoms with Crippen LogP contribution in [0.2, 0.25) is 0 Å². The zero-order chi connectivity index (χ0) is 21.2. The third-order valence-electron chi connectivity index (χ3n) is 5.28. The lowest BCUT2D eigenvalue weighted by molar-refractivity contribution is -0.105. The second-order valence-electron chi connectivity index (χ2n) is 7.79. The van der Waals surface area contributed by atoms with E-state index >= 15 is 0 Å². The Bertz CT molecular complexity index is 1050. The van der Waals surface area contributed by atoms with Crippen molar-refractivity contribution >= 4 is 27.3 Å². The van der Waals surface area contributed by atoms with Crippen molar-refractivity contribution in [1.82, 2.24) is 0 Å². The molecular weight excluding hydrogens is 404 g/mol. The normalized spacial score (nSPS) is 17.0. The molecule has 2 aliphatic rings. The summed E-state index contributed by atoms with van der Waals surface area (Å²) in [6.07, 6.45) is 5.60. The lowest BCUT2D eigenvalue weighted by Crippen LogP contribution is -2.40. The summed E-state index contributed by atoms with van der Waals surface area (Å²) < 4.78 is 38.6. The number of rotatable bonds is 6. The number of carbonyl (C=O) groups is 1. The highest BCUT2D eigenvalue weighted by Gasteiger charge is 2.42. The number of ether oxygens (including phenoxy) is 2. The topological polar surface area (TPSA) is 93.7 Å². The number of nitrogens with one attached hydrogen (secondary N) is 2. The number of carbonyl (C=O) groups excluding carboxylic acids is 1. The molecule has 1 fully saturated rings. The van der Waals surface area contributed by atoms with E-state index in [1.54, 1.807) is 37.3 Å². The molecule has 1 amide bonds.